The van der Waals surface area contributed by atoms with Gasteiger partial charge >= 0.3 is 0 Å². The molecule has 144 valence electrons. The predicted molar refractivity (Wildman–Crippen MR) is 106 cm³/mol. The number of hydrogen-bond acceptors (Lipinski definition) is 5. The highest BCUT2D eigenvalue weighted by atomic mass is 32.1. The first-order chi connectivity index (χ1) is 13.4. The highest BCUT2D eigenvalue weighted by Gasteiger charge is 2.25. The lowest BCUT2D eigenvalue weighted by molar-refractivity contribution is -0.118. The van der Waals surface area contributed by atoms with Crippen molar-refractivity contribution in [3.05, 3.63) is 66.0 Å². The summed E-state index contributed by atoms with van der Waals surface area (Å²) in [4.78, 5) is 29.4. The largest absolute Gasteiger partial charge is 0.340 e. The lowest BCUT2D eigenvalue weighted by Crippen LogP contribution is -2.47. The Morgan fingerprint density at radius 2 is 1.71 bits per heavy atom. The molecule has 0 saturated carbocycles. The molecule has 3 rings (SSSR count). The number of nitrogens with one attached hydrogen (secondary N) is 2. The van der Waals surface area contributed by atoms with Gasteiger partial charge in [0.25, 0.3) is 5.91 Å². The molecule has 1 atom stereocenters. The number of carbonyl (C=O) groups is 2. The Labute approximate surface area is 166 Å². The van der Waals surface area contributed by atoms with E-state index in [1.165, 1.54) is 24.3 Å². The number of anilines is 1. The normalized spacial score (nSPS) is 11.9. The van der Waals surface area contributed by atoms with E-state index in [0.717, 1.165) is 17.1 Å². The van der Waals surface area contributed by atoms with E-state index in [0.29, 0.717) is 11.0 Å². The van der Waals surface area contributed by atoms with E-state index < -0.39 is 17.8 Å². The van der Waals surface area contributed by atoms with Gasteiger partial charge in [-0.15, -0.1) is 0 Å². The molecule has 0 radical (unpaired) electrons. The van der Waals surface area contributed by atoms with Crippen molar-refractivity contribution in [2.45, 2.75) is 19.9 Å². The average molecular weight is 398 g/mol. The van der Waals surface area contributed by atoms with Crippen LogP contribution >= 0.6 is 11.5 Å². The van der Waals surface area contributed by atoms with Gasteiger partial charge in [-0.25, -0.2) is 4.39 Å². The second kappa shape index (κ2) is 8.71. The molecular weight excluding hydrogens is 379 g/mol. The lowest BCUT2D eigenvalue weighted by Gasteiger charge is -2.21. The minimum Gasteiger partial charge on any atom is -0.340 e. The minimum absolute atomic E-state index is 0.161. The molecule has 0 spiro atoms. The molecule has 1 unspecified atom stereocenters. The Balaban J connectivity index is 1.69. The van der Waals surface area contributed by atoms with Crippen molar-refractivity contribution in [1.29, 1.82) is 0 Å². The van der Waals surface area contributed by atoms with Gasteiger partial charge < -0.3 is 5.32 Å². The van der Waals surface area contributed by atoms with Crippen molar-refractivity contribution in [1.82, 2.24) is 14.7 Å². The summed E-state index contributed by atoms with van der Waals surface area (Å²) in [5.41, 5.74) is 1.13. The van der Waals surface area contributed by atoms with Gasteiger partial charge in [0.1, 0.15) is 11.9 Å². The van der Waals surface area contributed by atoms with Crippen molar-refractivity contribution >= 4 is 28.5 Å². The summed E-state index contributed by atoms with van der Waals surface area (Å²) in [5, 5.41) is 5.76. The molecule has 2 amide bonds. The standard InChI is InChI=1S/C20H19FN4O2S/c1-12(2)16(22-18(26)14-8-10-15(21)11-9-14)19(27)24-20-23-17(25-28-20)13-6-4-3-5-7-13/h3-12,16H,1-2H3,(H,22,26)(H,23,24,25,27). The summed E-state index contributed by atoms with van der Waals surface area (Å²) in [6.07, 6.45) is 0. The fourth-order valence-electron chi connectivity index (χ4n) is 2.52. The van der Waals surface area contributed by atoms with Crippen LogP contribution in [0.25, 0.3) is 11.4 Å². The van der Waals surface area contributed by atoms with Gasteiger partial charge in [-0.3, -0.25) is 14.9 Å². The number of nitrogens with zero attached hydrogens (tertiary/aromatic N) is 2. The second-order valence-corrected chi connectivity index (χ2v) is 7.23. The maximum absolute atomic E-state index is 13.0. The van der Waals surface area contributed by atoms with Crippen molar-refractivity contribution in [2.75, 3.05) is 5.32 Å². The van der Waals surface area contributed by atoms with E-state index in [1.54, 1.807) is 0 Å². The molecule has 0 aliphatic heterocycles. The first-order valence-corrected chi connectivity index (χ1v) is 9.48. The molecule has 28 heavy (non-hydrogen) atoms. The highest BCUT2D eigenvalue weighted by molar-refractivity contribution is 7.10. The third kappa shape index (κ3) is 4.77. The first kappa shape index (κ1) is 19.6. The van der Waals surface area contributed by atoms with Gasteiger partial charge in [0.15, 0.2) is 5.82 Å². The third-order valence-electron chi connectivity index (χ3n) is 4.03. The van der Waals surface area contributed by atoms with Crippen LogP contribution in [-0.4, -0.2) is 27.2 Å². The molecule has 0 saturated heterocycles. The Morgan fingerprint density at radius 1 is 1.04 bits per heavy atom. The summed E-state index contributed by atoms with van der Waals surface area (Å²) in [6.45, 7) is 3.65. The highest BCUT2D eigenvalue weighted by Crippen LogP contribution is 2.21. The van der Waals surface area contributed by atoms with E-state index in [1.807, 2.05) is 44.2 Å². The van der Waals surface area contributed by atoms with Crippen LogP contribution in [0.15, 0.2) is 54.6 Å². The number of benzene rings is 2. The van der Waals surface area contributed by atoms with Gasteiger partial charge in [-0.1, -0.05) is 44.2 Å². The second-order valence-electron chi connectivity index (χ2n) is 6.48. The average Bonchev–Trinajstić information content (AvgIpc) is 3.15. The first-order valence-electron chi connectivity index (χ1n) is 8.70. The van der Waals surface area contributed by atoms with Gasteiger partial charge in [-0.2, -0.15) is 9.36 Å². The molecule has 1 heterocycles. The zero-order valence-corrected chi connectivity index (χ0v) is 16.2. The topological polar surface area (TPSA) is 84.0 Å². The maximum atomic E-state index is 13.0. The van der Waals surface area contributed by atoms with Crippen molar-refractivity contribution < 1.29 is 14.0 Å². The summed E-state index contributed by atoms with van der Waals surface area (Å²) in [5.74, 6) is -0.902. The van der Waals surface area contributed by atoms with Gasteiger partial charge in [0.05, 0.1) is 0 Å². The van der Waals surface area contributed by atoms with Crippen LogP contribution in [0.4, 0.5) is 9.52 Å². The van der Waals surface area contributed by atoms with E-state index in [2.05, 4.69) is 20.0 Å². The number of rotatable bonds is 6. The van der Waals surface area contributed by atoms with Gasteiger partial charge in [-0.05, 0) is 30.2 Å². The zero-order chi connectivity index (χ0) is 20.1. The summed E-state index contributed by atoms with van der Waals surface area (Å²) < 4.78 is 17.3. The Bertz CT molecular complexity index is 958. The van der Waals surface area contributed by atoms with E-state index >= 15 is 0 Å². The van der Waals surface area contributed by atoms with Gasteiger partial charge in [0.2, 0.25) is 11.0 Å². The van der Waals surface area contributed by atoms with Crippen molar-refractivity contribution in [3.63, 3.8) is 0 Å². The van der Waals surface area contributed by atoms with Crippen LogP contribution in [-0.2, 0) is 4.79 Å². The molecule has 8 heteroatoms. The molecule has 0 fully saturated rings. The predicted octanol–water partition coefficient (Wildman–Crippen LogP) is 3.74. The molecule has 2 aromatic carbocycles. The monoisotopic (exact) mass is 398 g/mol. The number of halogens is 1. The SMILES string of the molecule is CC(C)C(NC(=O)c1ccc(F)cc1)C(=O)Nc1nc(-c2ccccc2)ns1. The Hall–Kier alpha value is -3.13. The minimum atomic E-state index is -0.776. The fourth-order valence-corrected chi connectivity index (χ4v) is 3.12. The molecule has 0 aliphatic carbocycles. The number of aromatic nitrogens is 2. The smallest absolute Gasteiger partial charge is 0.251 e. The molecule has 1 aromatic heterocycles. The zero-order valence-electron chi connectivity index (χ0n) is 15.3. The Morgan fingerprint density at radius 3 is 2.36 bits per heavy atom. The van der Waals surface area contributed by atoms with Crippen molar-refractivity contribution in [2.24, 2.45) is 5.92 Å². The number of amides is 2. The third-order valence-corrected chi connectivity index (χ3v) is 4.66. The number of hydrogen-bond donors (Lipinski definition) is 2. The van der Waals surface area contributed by atoms with E-state index in [-0.39, 0.29) is 17.4 Å². The fraction of sp³-hybridized carbons (Fsp3) is 0.200. The molecule has 2 N–H and O–H groups in total. The van der Waals surface area contributed by atoms with Crippen LogP contribution in [0.2, 0.25) is 0 Å². The van der Waals surface area contributed by atoms with Crippen LogP contribution in [0.3, 0.4) is 0 Å². The lowest BCUT2D eigenvalue weighted by atomic mass is 10.0. The molecule has 0 bridgehead atoms. The van der Waals surface area contributed by atoms with Crippen LogP contribution in [0.5, 0.6) is 0 Å². The molecule has 3 aromatic rings. The van der Waals surface area contributed by atoms with Crippen LogP contribution in [0, 0.1) is 11.7 Å². The summed E-state index contributed by atoms with van der Waals surface area (Å²) in [7, 11) is 0. The molecular formula is C20H19FN4O2S. The molecule has 0 aliphatic rings. The number of carbonyl (C=O) groups excluding carboxylic acids is 2. The van der Waals surface area contributed by atoms with Crippen molar-refractivity contribution in [3.8, 4) is 11.4 Å². The van der Waals surface area contributed by atoms with Crippen LogP contribution in [0.1, 0.15) is 24.2 Å². The van der Waals surface area contributed by atoms with Crippen LogP contribution < -0.4 is 10.6 Å². The maximum Gasteiger partial charge on any atom is 0.251 e. The van der Waals surface area contributed by atoms with E-state index in [4.69, 9.17) is 0 Å². The van der Waals surface area contributed by atoms with Gasteiger partial charge in [0, 0.05) is 22.7 Å². The summed E-state index contributed by atoms with van der Waals surface area (Å²) >= 11 is 1.07. The van der Waals surface area contributed by atoms with E-state index in [9.17, 15) is 14.0 Å². The summed E-state index contributed by atoms with van der Waals surface area (Å²) in [6, 6.07) is 13.8. The Kier molecular flexibility index (Phi) is 6.10. The quantitative estimate of drug-likeness (QED) is 0.663. The molecule has 6 nitrogen and oxygen atoms in total.